The van der Waals surface area contributed by atoms with Crippen LogP contribution in [0.25, 0.3) is 0 Å². The first-order chi connectivity index (χ1) is 6.09. The van der Waals surface area contributed by atoms with E-state index in [4.69, 9.17) is 20.1 Å². The second-order valence-electron chi connectivity index (χ2n) is 2.30. The number of aliphatic hydroxyl groups excluding tert-OH is 2. The highest BCUT2D eigenvalue weighted by Crippen LogP contribution is 1.90. The van der Waals surface area contributed by atoms with Crippen LogP contribution in [0.3, 0.4) is 0 Å². The second-order valence-corrected chi connectivity index (χ2v) is 2.30. The van der Waals surface area contributed by atoms with Crippen molar-refractivity contribution >= 4 is 5.97 Å². The van der Waals surface area contributed by atoms with Gasteiger partial charge in [0.05, 0.1) is 13.2 Å². The average Bonchev–Trinajstić information content (AvgIpc) is 2.14. The first-order valence-corrected chi connectivity index (χ1v) is 4.16. The Morgan fingerprint density at radius 3 is 2.08 bits per heavy atom. The van der Waals surface area contributed by atoms with Crippen molar-refractivity contribution in [1.82, 2.24) is 0 Å². The molecular weight excluding hydrogens is 176 g/mol. The monoisotopic (exact) mass is 194 g/mol. The number of aliphatic hydroxyl groups is 2. The van der Waals surface area contributed by atoms with Crippen molar-refractivity contribution < 1.29 is 24.9 Å². The van der Waals surface area contributed by atoms with Gasteiger partial charge in [-0.1, -0.05) is 6.92 Å². The summed E-state index contributed by atoms with van der Waals surface area (Å²) in [4.78, 5) is 10.1. The highest BCUT2D eigenvalue weighted by molar-refractivity contribution is 5.71. The molecule has 1 unspecified atom stereocenters. The second kappa shape index (κ2) is 11.4. The van der Waals surface area contributed by atoms with Crippen LogP contribution in [0.5, 0.6) is 0 Å². The molecule has 0 amide bonds. The summed E-state index contributed by atoms with van der Waals surface area (Å²) in [6, 6.07) is 0. The van der Waals surface area contributed by atoms with Gasteiger partial charge >= 0.3 is 5.97 Å². The molecule has 0 spiro atoms. The van der Waals surface area contributed by atoms with Crippen LogP contribution >= 0.6 is 0 Å². The lowest BCUT2D eigenvalue weighted by Gasteiger charge is -2.05. The lowest BCUT2D eigenvalue weighted by molar-refractivity contribution is -0.149. The molecule has 13 heavy (non-hydrogen) atoms. The Kier molecular flexibility index (Phi) is 13.0. The molecule has 0 aromatic rings. The molecule has 0 saturated heterocycles. The smallest absolute Gasteiger partial charge is 0.332 e. The van der Waals surface area contributed by atoms with Crippen molar-refractivity contribution in [2.75, 3.05) is 19.8 Å². The zero-order chi connectivity index (χ0) is 10.7. The van der Waals surface area contributed by atoms with Crippen LogP contribution in [0.1, 0.15) is 20.3 Å². The lowest BCUT2D eigenvalue weighted by atomic mass is 10.4. The number of carboxylic acids is 1. The Bertz CT molecular complexity index is 113. The Balaban J connectivity index is 0. The van der Waals surface area contributed by atoms with Gasteiger partial charge in [0.25, 0.3) is 0 Å². The summed E-state index contributed by atoms with van der Waals surface area (Å²) < 4.78 is 4.85. The third-order valence-electron chi connectivity index (χ3n) is 1.02. The summed E-state index contributed by atoms with van der Waals surface area (Å²) in [5, 5.41) is 23.5. The highest BCUT2D eigenvalue weighted by atomic mass is 16.5. The van der Waals surface area contributed by atoms with E-state index in [1.807, 2.05) is 6.92 Å². The fraction of sp³-hybridized carbons (Fsp3) is 0.875. The summed E-state index contributed by atoms with van der Waals surface area (Å²) >= 11 is 0. The number of hydrogen-bond acceptors (Lipinski definition) is 4. The summed E-state index contributed by atoms with van der Waals surface area (Å²) in [6.07, 6.45) is 0.197. The fourth-order valence-corrected chi connectivity index (χ4v) is 0.366. The third-order valence-corrected chi connectivity index (χ3v) is 1.02. The summed E-state index contributed by atoms with van der Waals surface area (Å²) in [7, 11) is 0. The first-order valence-electron chi connectivity index (χ1n) is 4.16. The number of ether oxygens (including phenoxy) is 1. The van der Waals surface area contributed by atoms with E-state index in [1.165, 1.54) is 6.92 Å². The molecule has 1 atom stereocenters. The van der Waals surface area contributed by atoms with Crippen molar-refractivity contribution in [3.8, 4) is 0 Å². The molecule has 0 rings (SSSR count). The van der Waals surface area contributed by atoms with Gasteiger partial charge in [-0.25, -0.2) is 4.79 Å². The Hall–Kier alpha value is -0.650. The Morgan fingerprint density at radius 2 is 1.85 bits per heavy atom. The molecule has 0 aliphatic carbocycles. The minimum atomic E-state index is -0.900. The molecule has 80 valence electrons. The number of aliphatic carboxylic acids is 1. The zero-order valence-corrected chi connectivity index (χ0v) is 8.06. The predicted molar refractivity (Wildman–Crippen MR) is 47.5 cm³/mol. The molecular formula is C8H18O5. The van der Waals surface area contributed by atoms with Crippen LogP contribution in [0.2, 0.25) is 0 Å². The molecule has 0 aliphatic heterocycles. The van der Waals surface area contributed by atoms with Crippen molar-refractivity contribution in [2.45, 2.75) is 26.4 Å². The molecule has 3 N–H and O–H groups in total. The normalized spacial score (nSPS) is 11.4. The van der Waals surface area contributed by atoms with Gasteiger partial charge in [0.1, 0.15) is 0 Å². The SMILES string of the molecule is CCCOC(C)C(=O)O.OCCO. The van der Waals surface area contributed by atoms with Gasteiger partial charge in [-0.15, -0.1) is 0 Å². The molecule has 0 radical (unpaired) electrons. The fourth-order valence-electron chi connectivity index (χ4n) is 0.366. The van der Waals surface area contributed by atoms with Crippen LogP contribution in [0.4, 0.5) is 0 Å². The van der Waals surface area contributed by atoms with Gasteiger partial charge in [-0.3, -0.25) is 0 Å². The van der Waals surface area contributed by atoms with Crippen LogP contribution in [0, 0.1) is 0 Å². The minimum absolute atomic E-state index is 0.125. The van der Waals surface area contributed by atoms with Gasteiger partial charge in [-0.2, -0.15) is 0 Å². The van der Waals surface area contributed by atoms with E-state index in [9.17, 15) is 4.79 Å². The number of rotatable bonds is 5. The van der Waals surface area contributed by atoms with Crippen LogP contribution in [-0.4, -0.2) is 47.2 Å². The first kappa shape index (κ1) is 14.9. The molecule has 5 nitrogen and oxygen atoms in total. The molecule has 0 aromatic heterocycles. The predicted octanol–water partition coefficient (Wildman–Crippen LogP) is -0.143. The van der Waals surface area contributed by atoms with E-state index in [1.54, 1.807) is 0 Å². The Morgan fingerprint density at radius 1 is 1.38 bits per heavy atom. The average molecular weight is 194 g/mol. The van der Waals surface area contributed by atoms with E-state index < -0.39 is 12.1 Å². The largest absolute Gasteiger partial charge is 0.479 e. The van der Waals surface area contributed by atoms with Crippen molar-refractivity contribution in [3.63, 3.8) is 0 Å². The van der Waals surface area contributed by atoms with Crippen LogP contribution in [-0.2, 0) is 9.53 Å². The zero-order valence-electron chi connectivity index (χ0n) is 8.06. The summed E-state index contributed by atoms with van der Waals surface area (Å²) in [6.45, 7) is 3.74. The molecule has 0 fully saturated rings. The maximum absolute atomic E-state index is 10.1. The summed E-state index contributed by atoms with van der Waals surface area (Å²) in [5.41, 5.74) is 0. The van der Waals surface area contributed by atoms with Gasteiger partial charge in [-0.05, 0) is 13.3 Å². The third kappa shape index (κ3) is 14.2. The van der Waals surface area contributed by atoms with E-state index in [0.717, 1.165) is 6.42 Å². The van der Waals surface area contributed by atoms with Gasteiger partial charge in [0, 0.05) is 6.61 Å². The van der Waals surface area contributed by atoms with Crippen molar-refractivity contribution in [3.05, 3.63) is 0 Å². The van der Waals surface area contributed by atoms with E-state index in [-0.39, 0.29) is 13.2 Å². The molecule has 0 heterocycles. The minimum Gasteiger partial charge on any atom is -0.479 e. The van der Waals surface area contributed by atoms with E-state index in [2.05, 4.69) is 0 Å². The standard InChI is InChI=1S/C6H12O3.C2H6O2/c1-3-4-9-5(2)6(7)8;3-1-2-4/h5H,3-4H2,1-2H3,(H,7,8);3-4H,1-2H2. The quantitative estimate of drug-likeness (QED) is 0.567. The molecule has 0 saturated carbocycles. The topological polar surface area (TPSA) is 87.0 Å². The molecule has 0 aromatic carbocycles. The molecule has 0 bridgehead atoms. The van der Waals surface area contributed by atoms with Crippen molar-refractivity contribution in [1.29, 1.82) is 0 Å². The van der Waals surface area contributed by atoms with Crippen LogP contribution in [0.15, 0.2) is 0 Å². The molecule has 5 heteroatoms. The lowest BCUT2D eigenvalue weighted by Crippen LogP contribution is -2.19. The van der Waals surface area contributed by atoms with Crippen molar-refractivity contribution in [2.24, 2.45) is 0 Å². The highest BCUT2D eigenvalue weighted by Gasteiger charge is 2.08. The van der Waals surface area contributed by atoms with Crippen LogP contribution < -0.4 is 0 Å². The van der Waals surface area contributed by atoms with E-state index >= 15 is 0 Å². The molecule has 0 aliphatic rings. The number of carboxylic acid groups (broad SMARTS) is 1. The number of carbonyl (C=O) groups is 1. The Labute approximate surface area is 78.0 Å². The van der Waals surface area contributed by atoms with Gasteiger partial charge in [0.15, 0.2) is 6.10 Å². The maximum Gasteiger partial charge on any atom is 0.332 e. The number of hydrogen-bond donors (Lipinski definition) is 3. The van der Waals surface area contributed by atoms with Gasteiger partial charge in [0.2, 0.25) is 0 Å². The van der Waals surface area contributed by atoms with E-state index in [0.29, 0.717) is 6.61 Å². The van der Waals surface area contributed by atoms with Gasteiger partial charge < -0.3 is 20.1 Å². The summed E-state index contributed by atoms with van der Waals surface area (Å²) in [5.74, 6) is -0.900. The maximum atomic E-state index is 10.1.